The van der Waals surface area contributed by atoms with Gasteiger partial charge in [0.05, 0.1) is 0 Å². The van der Waals surface area contributed by atoms with Gasteiger partial charge in [0.1, 0.15) is 17.2 Å². The van der Waals surface area contributed by atoms with Crippen molar-refractivity contribution in [1.29, 1.82) is 0 Å². The highest BCUT2D eigenvalue weighted by molar-refractivity contribution is 7.98. The summed E-state index contributed by atoms with van der Waals surface area (Å²) in [6, 6.07) is 2.42. The third-order valence-electron chi connectivity index (χ3n) is 3.24. The molecule has 0 bridgehead atoms. The zero-order valence-corrected chi connectivity index (χ0v) is 10.9. The molecule has 2 unspecified atom stereocenters. The Hall–Kier alpha value is -0.810. The first-order valence-electron chi connectivity index (χ1n) is 6.05. The standard InChI is InChI=1S/C12H19N3OS/c1-17-12-6-11(13-8-14-12)15-10-4-2-3-9(5-10)7-16/h6,8-10,16H,2-5,7H2,1H3,(H,13,14,15). The van der Waals surface area contributed by atoms with Gasteiger partial charge in [0.15, 0.2) is 0 Å². The molecule has 1 fully saturated rings. The molecular formula is C12H19N3OS. The largest absolute Gasteiger partial charge is 0.396 e. The van der Waals surface area contributed by atoms with Gasteiger partial charge in [-0.2, -0.15) is 0 Å². The van der Waals surface area contributed by atoms with Crippen LogP contribution in [0.15, 0.2) is 17.4 Å². The van der Waals surface area contributed by atoms with Gasteiger partial charge in [-0.1, -0.05) is 6.42 Å². The summed E-state index contributed by atoms with van der Waals surface area (Å²) in [5.74, 6) is 1.34. The van der Waals surface area contributed by atoms with E-state index in [0.29, 0.717) is 18.6 Å². The van der Waals surface area contributed by atoms with Crippen LogP contribution in [0.1, 0.15) is 25.7 Å². The molecule has 0 spiro atoms. The van der Waals surface area contributed by atoms with Crippen molar-refractivity contribution >= 4 is 17.6 Å². The fourth-order valence-electron chi connectivity index (χ4n) is 2.33. The van der Waals surface area contributed by atoms with Crippen LogP contribution in [0.3, 0.4) is 0 Å². The number of rotatable bonds is 4. The van der Waals surface area contributed by atoms with Crippen LogP contribution in [0, 0.1) is 5.92 Å². The van der Waals surface area contributed by atoms with Gasteiger partial charge >= 0.3 is 0 Å². The molecule has 1 aromatic rings. The fourth-order valence-corrected chi connectivity index (χ4v) is 2.71. The molecule has 0 aliphatic heterocycles. The van der Waals surface area contributed by atoms with E-state index in [2.05, 4.69) is 15.3 Å². The fraction of sp³-hybridized carbons (Fsp3) is 0.667. The van der Waals surface area contributed by atoms with E-state index >= 15 is 0 Å². The molecule has 5 heteroatoms. The Kier molecular flexibility index (Phi) is 4.62. The Labute approximate surface area is 106 Å². The molecule has 1 saturated carbocycles. The smallest absolute Gasteiger partial charge is 0.130 e. The minimum absolute atomic E-state index is 0.304. The molecule has 1 aliphatic carbocycles. The summed E-state index contributed by atoms with van der Waals surface area (Å²) in [6.07, 6.45) is 8.14. The lowest BCUT2D eigenvalue weighted by Crippen LogP contribution is -2.29. The van der Waals surface area contributed by atoms with E-state index in [1.165, 1.54) is 6.42 Å². The monoisotopic (exact) mass is 253 g/mol. The molecule has 2 N–H and O–H groups in total. The number of aromatic nitrogens is 2. The summed E-state index contributed by atoms with van der Waals surface area (Å²) >= 11 is 1.62. The quantitative estimate of drug-likeness (QED) is 0.636. The lowest BCUT2D eigenvalue weighted by atomic mass is 9.86. The van der Waals surface area contributed by atoms with E-state index in [4.69, 9.17) is 0 Å². The highest BCUT2D eigenvalue weighted by Gasteiger charge is 2.21. The Morgan fingerprint density at radius 1 is 1.47 bits per heavy atom. The first-order valence-corrected chi connectivity index (χ1v) is 7.27. The van der Waals surface area contributed by atoms with Crippen molar-refractivity contribution in [2.24, 2.45) is 5.92 Å². The number of nitrogens with one attached hydrogen (secondary N) is 1. The van der Waals surface area contributed by atoms with Crippen LogP contribution in [0.5, 0.6) is 0 Å². The second-order valence-electron chi connectivity index (χ2n) is 4.50. The molecule has 0 radical (unpaired) electrons. The first-order chi connectivity index (χ1) is 8.31. The SMILES string of the molecule is CSc1cc(NC2CCCC(CO)C2)ncn1. The van der Waals surface area contributed by atoms with Gasteiger partial charge in [-0.3, -0.25) is 0 Å². The van der Waals surface area contributed by atoms with Crippen molar-refractivity contribution in [3.63, 3.8) is 0 Å². The Bertz CT molecular complexity index is 361. The van der Waals surface area contributed by atoms with Crippen molar-refractivity contribution in [2.75, 3.05) is 18.2 Å². The predicted octanol–water partition coefficient (Wildman–Crippen LogP) is 2.16. The van der Waals surface area contributed by atoms with Crippen LogP contribution >= 0.6 is 11.8 Å². The topological polar surface area (TPSA) is 58.0 Å². The van der Waals surface area contributed by atoms with E-state index in [9.17, 15) is 5.11 Å². The van der Waals surface area contributed by atoms with Gasteiger partial charge in [0, 0.05) is 18.7 Å². The molecule has 17 heavy (non-hydrogen) atoms. The van der Waals surface area contributed by atoms with Gasteiger partial charge in [0.25, 0.3) is 0 Å². The van der Waals surface area contributed by atoms with E-state index in [1.807, 2.05) is 12.3 Å². The highest BCUT2D eigenvalue weighted by atomic mass is 32.2. The summed E-state index contributed by atoms with van der Waals surface area (Å²) < 4.78 is 0. The number of anilines is 1. The number of nitrogens with zero attached hydrogens (tertiary/aromatic N) is 2. The minimum Gasteiger partial charge on any atom is -0.396 e. The molecule has 94 valence electrons. The maximum absolute atomic E-state index is 9.20. The molecule has 1 aliphatic rings. The van der Waals surface area contributed by atoms with Crippen molar-refractivity contribution in [3.05, 3.63) is 12.4 Å². The second-order valence-corrected chi connectivity index (χ2v) is 5.33. The van der Waals surface area contributed by atoms with Crippen LogP contribution in [0.4, 0.5) is 5.82 Å². The van der Waals surface area contributed by atoms with Crippen molar-refractivity contribution in [3.8, 4) is 0 Å². The summed E-state index contributed by atoms with van der Waals surface area (Å²) in [5, 5.41) is 13.6. The molecule has 2 atom stereocenters. The number of aliphatic hydroxyl groups excluding tert-OH is 1. The predicted molar refractivity (Wildman–Crippen MR) is 70.3 cm³/mol. The number of thioether (sulfide) groups is 1. The maximum atomic E-state index is 9.20. The van der Waals surface area contributed by atoms with Crippen LogP contribution in [-0.2, 0) is 0 Å². The van der Waals surface area contributed by atoms with E-state index in [0.717, 1.165) is 30.1 Å². The van der Waals surface area contributed by atoms with Crippen molar-refractivity contribution in [1.82, 2.24) is 9.97 Å². The lowest BCUT2D eigenvalue weighted by Gasteiger charge is -2.28. The van der Waals surface area contributed by atoms with E-state index in [1.54, 1.807) is 18.1 Å². The van der Waals surface area contributed by atoms with Gasteiger partial charge in [-0.25, -0.2) is 9.97 Å². The third kappa shape index (κ3) is 3.57. The molecule has 0 saturated heterocycles. The molecule has 1 heterocycles. The Morgan fingerprint density at radius 2 is 2.35 bits per heavy atom. The number of hydrogen-bond donors (Lipinski definition) is 2. The zero-order chi connectivity index (χ0) is 12.1. The van der Waals surface area contributed by atoms with Crippen LogP contribution in [0.2, 0.25) is 0 Å². The van der Waals surface area contributed by atoms with Gasteiger partial charge in [-0.15, -0.1) is 11.8 Å². The van der Waals surface area contributed by atoms with E-state index in [-0.39, 0.29) is 0 Å². The van der Waals surface area contributed by atoms with Crippen LogP contribution < -0.4 is 5.32 Å². The molecule has 4 nitrogen and oxygen atoms in total. The molecule has 1 aromatic heterocycles. The van der Waals surface area contributed by atoms with E-state index < -0.39 is 0 Å². The highest BCUT2D eigenvalue weighted by Crippen LogP contribution is 2.26. The summed E-state index contributed by atoms with van der Waals surface area (Å²) in [6.45, 7) is 0.304. The maximum Gasteiger partial charge on any atom is 0.130 e. The van der Waals surface area contributed by atoms with Crippen molar-refractivity contribution < 1.29 is 5.11 Å². The summed E-state index contributed by atoms with van der Waals surface area (Å²) in [7, 11) is 0. The second kappa shape index (κ2) is 6.21. The van der Waals surface area contributed by atoms with Gasteiger partial charge < -0.3 is 10.4 Å². The number of hydrogen-bond acceptors (Lipinski definition) is 5. The zero-order valence-electron chi connectivity index (χ0n) is 10.1. The van der Waals surface area contributed by atoms with Crippen LogP contribution in [-0.4, -0.2) is 34.0 Å². The minimum atomic E-state index is 0.304. The number of aliphatic hydroxyl groups is 1. The first kappa shape index (κ1) is 12.6. The van der Waals surface area contributed by atoms with Crippen molar-refractivity contribution in [2.45, 2.75) is 36.8 Å². The molecule has 0 aromatic carbocycles. The Morgan fingerprint density at radius 3 is 3.12 bits per heavy atom. The Balaban J connectivity index is 1.95. The molecule has 2 rings (SSSR count). The van der Waals surface area contributed by atoms with Crippen LogP contribution in [0.25, 0.3) is 0 Å². The van der Waals surface area contributed by atoms with Gasteiger partial charge in [0.2, 0.25) is 0 Å². The average molecular weight is 253 g/mol. The van der Waals surface area contributed by atoms with Gasteiger partial charge in [-0.05, 0) is 31.4 Å². The lowest BCUT2D eigenvalue weighted by molar-refractivity contribution is 0.184. The summed E-state index contributed by atoms with van der Waals surface area (Å²) in [4.78, 5) is 8.39. The third-order valence-corrected chi connectivity index (χ3v) is 3.89. The molecule has 0 amide bonds. The average Bonchev–Trinajstić information content (AvgIpc) is 2.39. The summed E-state index contributed by atoms with van der Waals surface area (Å²) in [5.41, 5.74) is 0. The molecular weight excluding hydrogens is 234 g/mol. The normalized spacial score (nSPS) is 24.6.